The molecule has 0 aliphatic carbocycles. The molecule has 0 spiro atoms. The van der Waals surface area contributed by atoms with Crippen molar-refractivity contribution in [3.63, 3.8) is 0 Å². The second-order valence-electron chi connectivity index (χ2n) is 7.27. The fraction of sp³-hybridized carbons (Fsp3) is 0.318. The molecular weight excluding hydrogens is 375 g/mol. The van der Waals surface area contributed by atoms with Gasteiger partial charge in [-0.15, -0.1) is 0 Å². The Hall–Kier alpha value is -2.74. The molecule has 0 saturated carbocycles. The fourth-order valence-corrected chi connectivity index (χ4v) is 3.70. The van der Waals surface area contributed by atoms with Gasteiger partial charge in [0.15, 0.2) is 5.76 Å². The summed E-state index contributed by atoms with van der Waals surface area (Å²) in [7, 11) is 0. The van der Waals surface area contributed by atoms with E-state index < -0.39 is 0 Å². The third-order valence-corrected chi connectivity index (χ3v) is 5.35. The average molecular weight is 398 g/mol. The van der Waals surface area contributed by atoms with Gasteiger partial charge in [-0.1, -0.05) is 12.1 Å². The lowest BCUT2D eigenvalue weighted by Crippen LogP contribution is -2.46. The summed E-state index contributed by atoms with van der Waals surface area (Å²) in [6.07, 6.45) is 1.58. The Balaban J connectivity index is 1.54. The predicted molar refractivity (Wildman–Crippen MR) is 106 cm³/mol. The second-order valence-corrected chi connectivity index (χ2v) is 7.27. The van der Waals surface area contributed by atoms with Gasteiger partial charge in [0.25, 0.3) is 0 Å². The van der Waals surface area contributed by atoms with Crippen molar-refractivity contribution < 1.29 is 24.1 Å². The first-order valence-corrected chi connectivity index (χ1v) is 9.65. The number of ether oxygens (including phenoxy) is 1. The summed E-state index contributed by atoms with van der Waals surface area (Å²) in [5, 5.41) is 19.5. The number of fused-ring (bicyclic) bond motifs is 1. The summed E-state index contributed by atoms with van der Waals surface area (Å²) in [4.78, 5) is 17.1. The van der Waals surface area contributed by atoms with E-state index in [1.165, 1.54) is 18.2 Å². The number of nitrogens with zero attached hydrogens (tertiary/aromatic N) is 2. The van der Waals surface area contributed by atoms with Crippen molar-refractivity contribution in [1.29, 1.82) is 0 Å². The number of ketones is 1. The maximum absolute atomic E-state index is 13.1. The zero-order valence-electron chi connectivity index (χ0n) is 16.0. The molecule has 0 radical (unpaired) electrons. The van der Waals surface area contributed by atoms with E-state index in [4.69, 9.17) is 9.84 Å². The Bertz CT molecular complexity index is 935. The first-order valence-electron chi connectivity index (χ1n) is 9.65. The minimum absolute atomic E-state index is 0.0948. The number of phenols is 1. The molecule has 2 heterocycles. The van der Waals surface area contributed by atoms with Crippen molar-refractivity contribution in [2.75, 3.05) is 39.3 Å². The second kappa shape index (κ2) is 8.32. The van der Waals surface area contributed by atoms with E-state index >= 15 is 0 Å². The van der Waals surface area contributed by atoms with Crippen molar-refractivity contribution in [3.05, 3.63) is 64.7 Å². The van der Waals surface area contributed by atoms with Crippen molar-refractivity contribution in [2.45, 2.75) is 6.54 Å². The van der Waals surface area contributed by atoms with Crippen LogP contribution in [0.2, 0.25) is 0 Å². The van der Waals surface area contributed by atoms with Gasteiger partial charge in [0.2, 0.25) is 5.78 Å². The lowest BCUT2D eigenvalue weighted by atomic mass is 10.0. The van der Waals surface area contributed by atoms with Crippen molar-refractivity contribution in [2.24, 2.45) is 0 Å². The fourth-order valence-electron chi connectivity index (χ4n) is 3.70. The van der Waals surface area contributed by atoms with Crippen LogP contribution < -0.4 is 4.74 Å². The zero-order chi connectivity index (χ0) is 20.4. The number of hydrogen-bond donors (Lipinski definition) is 2. The maximum Gasteiger partial charge on any atom is 0.231 e. The molecule has 29 heavy (non-hydrogen) atoms. The highest BCUT2D eigenvalue weighted by molar-refractivity contribution is 6.15. The number of aromatic hydroxyl groups is 1. The first-order chi connectivity index (χ1) is 14.0. The minimum atomic E-state index is -0.347. The molecule has 0 bridgehead atoms. The number of benzene rings is 2. The summed E-state index contributed by atoms with van der Waals surface area (Å²) in [5.74, 6) is 0.0449. The standard InChI is InChI=1S/C22H23FN2O4/c23-16-3-1-15(2-4-16)13-20-21(28)17-5-6-19(27)18(22(17)29-20)14-25-9-7-24(8-10-25)11-12-26/h1-6,13,26-27H,7-12,14H2/b20-13-. The Kier molecular flexibility index (Phi) is 5.62. The molecular formula is C22H23FN2O4. The van der Waals surface area contributed by atoms with E-state index in [9.17, 15) is 14.3 Å². The van der Waals surface area contributed by atoms with Crippen LogP contribution in [0.3, 0.4) is 0 Å². The summed E-state index contributed by atoms with van der Waals surface area (Å²) < 4.78 is 19.0. The number of aliphatic hydroxyl groups is 1. The SMILES string of the molecule is O=C1/C(=C/c2ccc(F)cc2)Oc2c1ccc(O)c2CN1CCN(CCO)CC1. The highest BCUT2D eigenvalue weighted by Gasteiger charge is 2.32. The Morgan fingerprint density at radius 1 is 1.03 bits per heavy atom. The van der Waals surface area contributed by atoms with Crippen LogP contribution in [0.4, 0.5) is 4.39 Å². The van der Waals surface area contributed by atoms with E-state index in [0.717, 1.165) is 26.2 Å². The van der Waals surface area contributed by atoms with Gasteiger partial charge in [-0.2, -0.15) is 0 Å². The van der Waals surface area contributed by atoms with E-state index in [1.807, 2.05) is 0 Å². The summed E-state index contributed by atoms with van der Waals surface area (Å²) in [6.45, 7) is 4.56. The quantitative estimate of drug-likeness (QED) is 0.753. The van der Waals surface area contributed by atoms with Crippen molar-refractivity contribution in [1.82, 2.24) is 9.80 Å². The Morgan fingerprint density at radius 2 is 1.72 bits per heavy atom. The number of halogens is 1. The number of phenolic OH excluding ortho intramolecular Hbond substituents is 1. The number of Topliss-reactive ketones (excluding diaryl/α,β-unsaturated/α-hetero) is 1. The van der Waals surface area contributed by atoms with Gasteiger partial charge < -0.3 is 14.9 Å². The smallest absolute Gasteiger partial charge is 0.231 e. The van der Waals surface area contributed by atoms with E-state index in [-0.39, 0.29) is 29.7 Å². The summed E-state index contributed by atoms with van der Waals surface area (Å²) in [6, 6.07) is 8.90. The number of allylic oxidation sites excluding steroid dienone is 1. The van der Waals surface area contributed by atoms with E-state index in [2.05, 4.69) is 9.80 Å². The van der Waals surface area contributed by atoms with Crippen LogP contribution in [0.25, 0.3) is 6.08 Å². The van der Waals surface area contributed by atoms with Gasteiger partial charge in [-0.05, 0) is 35.9 Å². The minimum Gasteiger partial charge on any atom is -0.507 e. The van der Waals surface area contributed by atoms with Crippen molar-refractivity contribution >= 4 is 11.9 Å². The molecule has 2 aliphatic heterocycles. The monoisotopic (exact) mass is 398 g/mol. The summed E-state index contributed by atoms with van der Waals surface area (Å²) >= 11 is 0. The number of carbonyl (C=O) groups excluding carboxylic acids is 1. The van der Waals surface area contributed by atoms with Gasteiger partial charge >= 0.3 is 0 Å². The number of piperazine rings is 1. The highest BCUT2D eigenvalue weighted by atomic mass is 19.1. The summed E-state index contributed by atoms with van der Waals surface area (Å²) in [5.41, 5.74) is 1.67. The Morgan fingerprint density at radius 3 is 2.41 bits per heavy atom. The number of carbonyl (C=O) groups is 1. The van der Waals surface area contributed by atoms with Gasteiger partial charge in [-0.3, -0.25) is 14.6 Å². The molecule has 0 amide bonds. The van der Waals surface area contributed by atoms with Crippen LogP contribution in [-0.2, 0) is 6.54 Å². The van der Waals surface area contributed by atoms with Gasteiger partial charge in [0, 0.05) is 39.3 Å². The van der Waals surface area contributed by atoms with E-state index in [1.54, 1.807) is 24.3 Å². The topological polar surface area (TPSA) is 73.2 Å². The van der Waals surface area contributed by atoms with Crippen LogP contribution in [0.1, 0.15) is 21.5 Å². The molecule has 7 heteroatoms. The van der Waals surface area contributed by atoms with Gasteiger partial charge in [-0.25, -0.2) is 4.39 Å². The van der Waals surface area contributed by atoms with Gasteiger partial charge in [0.1, 0.15) is 17.3 Å². The molecule has 0 aromatic heterocycles. The third kappa shape index (κ3) is 4.17. The molecule has 2 N–H and O–H groups in total. The molecule has 1 saturated heterocycles. The Labute approximate surface area is 168 Å². The molecule has 1 fully saturated rings. The molecule has 152 valence electrons. The predicted octanol–water partition coefficient (Wildman–Crippen LogP) is 2.26. The molecule has 2 aromatic rings. The third-order valence-electron chi connectivity index (χ3n) is 5.35. The number of rotatable bonds is 5. The maximum atomic E-state index is 13.1. The van der Waals surface area contributed by atoms with Crippen molar-refractivity contribution in [3.8, 4) is 11.5 Å². The van der Waals surface area contributed by atoms with E-state index in [0.29, 0.717) is 35.5 Å². The molecule has 6 nitrogen and oxygen atoms in total. The number of aliphatic hydroxyl groups excluding tert-OH is 1. The lowest BCUT2D eigenvalue weighted by Gasteiger charge is -2.34. The molecule has 2 aromatic carbocycles. The molecule has 2 aliphatic rings. The molecule has 0 atom stereocenters. The lowest BCUT2D eigenvalue weighted by molar-refractivity contribution is 0.101. The van der Waals surface area contributed by atoms with Crippen LogP contribution in [0, 0.1) is 5.82 Å². The first kappa shape index (κ1) is 19.6. The molecule has 4 rings (SSSR count). The van der Waals surface area contributed by atoms with Crippen LogP contribution in [0.15, 0.2) is 42.2 Å². The largest absolute Gasteiger partial charge is 0.507 e. The number of hydrogen-bond acceptors (Lipinski definition) is 6. The van der Waals surface area contributed by atoms with Gasteiger partial charge in [0.05, 0.1) is 17.7 Å². The average Bonchev–Trinajstić information content (AvgIpc) is 3.03. The van der Waals surface area contributed by atoms with Crippen LogP contribution >= 0.6 is 0 Å². The van der Waals surface area contributed by atoms with Crippen LogP contribution in [0.5, 0.6) is 11.5 Å². The number of β-amino-alcohol motifs (C(OH)–C–C–N with tert-alkyl or cyclic N) is 1. The molecule has 0 unspecified atom stereocenters. The normalized spacial score (nSPS) is 18.8. The highest BCUT2D eigenvalue weighted by Crippen LogP contribution is 2.40. The van der Waals surface area contributed by atoms with Crippen LogP contribution in [-0.4, -0.2) is 65.1 Å². The zero-order valence-corrected chi connectivity index (χ0v) is 16.0.